The number of amides is 2. The Hall–Kier alpha value is -2.80. The molecule has 0 aliphatic rings. The Morgan fingerprint density at radius 2 is 1.79 bits per heavy atom. The maximum absolute atomic E-state index is 12.8. The van der Waals surface area contributed by atoms with Crippen LogP contribution in [-0.2, 0) is 14.4 Å². The number of benzene rings is 2. The Labute approximate surface area is 175 Å². The fourth-order valence-corrected chi connectivity index (χ4v) is 3.67. The molecule has 0 heterocycles. The number of hydrogen-bond acceptors (Lipinski definition) is 4. The van der Waals surface area contributed by atoms with E-state index >= 15 is 0 Å². The first-order valence-electron chi connectivity index (χ1n) is 9.45. The normalized spacial score (nSPS) is 11.6. The van der Waals surface area contributed by atoms with E-state index in [1.54, 1.807) is 18.2 Å². The lowest BCUT2D eigenvalue weighted by Gasteiger charge is -2.17. The van der Waals surface area contributed by atoms with E-state index in [9.17, 15) is 14.4 Å². The highest BCUT2D eigenvalue weighted by Crippen LogP contribution is 2.29. The standard InChI is InChI=1S/C22H26N2O4S/c1-4-19(22(28)24-18-12-14(2)8-9-15(18)3)29-17-7-5-6-16(13-17)23-20(25)10-11-21(26)27/h5-9,12-13,19H,4,10-11H2,1-3H3,(H,23,25)(H,24,28)(H,26,27). The summed E-state index contributed by atoms with van der Waals surface area (Å²) >= 11 is 1.43. The number of nitrogens with one attached hydrogen (secondary N) is 2. The fraction of sp³-hybridized carbons (Fsp3) is 0.318. The van der Waals surface area contributed by atoms with Crippen molar-refractivity contribution in [3.8, 4) is 0 Å². The summed E-state index contributed by atoms with van der Waals surface area (Å²) in [5, 5.41) is 14.1. The molecule has 154 valence electrons. The summed E-state index contributed by atoms with van der Waals surface area (Å²) in [7, 11) is 0. The smallest absolute Gasteiger partial charge is 0.303 e. The van der Waals surface area contributed by atoms with Crippen LogP contribution in [0.1, 0.15) is 37.3 Å². The van der Waals surface area contributed by atoms with Gasteiger partial charge in [-0.1, -0.05) is 25.1 Å². The van der Waals surface area contributed by atoms with Crippen molar-refractivity contribution < 1.29 is 19.5 Å². The number of aliphatic carboxylic acids is 1. The van der Waals surface area contributed by atoms with Gasteiger partial charge in [0, 0.05) is 22.7 Å². The van der Waals surface area contributed by atoms with Crippen LogP contribution in [0.5, 0.6) is 0 Å². The van der Waals surface area contributed by atoms with Gasteiger partial charge in [-0.15, -0.1) is 11.8 Å². The molecule has 0 fully saturated rings. The molecule has 0 saturated carbocycles. The quantitative estimate of drug-likeness (QED) is 0.521. The van der Waals surface area contributed by atoms with Gasteiger partial charge in [-0.2, -0.15) is 0 Å². The van der Waals surface area contributed by atoms with Gasteiger partial charge >= 0.3 is 5.97 Å². The van der Waals surface area contributed by atoms with Crippen molar-refractivity contribution in [3.05, 3.63) is 53.6 Å². The second-order valence-corrected chi connectivity index (χ2v) is 8.07. The lowest BCUT2D eigenvalue weighted by atomic mass is 10.1. The second kappa shape index (κ2) is 10.7. The van der Waals surface area contributed by atoms with Gasteiger partial charge < -0.3 is 15.7 Å². The molecule has 0 spiro atoms. The molecule has 2 aromatic rings. The maximum atomic E-state index is 12.8. The van der Waals surface area contributed by atoms with E-state index in [0.717, 1.165) is 21.7 Å². The van der Waals surface area contributed by atoms with Crippen LogP contribution in [0, 0.1) is 13.8 Å². The molecule has 0 aromatic heterocycles. The largest absolute Gasteiger partial charge is 0.481 e. The van der Waals surface area contributed by atoms with E-state index in [2.05, 4.69) is 10.6 Å². The van der Waals surface area contributed by atoms with E-state index < -0.39 is 5.97 Å². The van der Waals surface area contributed by atoms with E-state index in [0.29, 0.717) is 12.1 Å². The molecule has 0 aliphatic heterocycles. The van der Waals surface area contributed by atoms with Crippen molar-refractivity contribution in [1.82, 2.24) is 0 Å². The number of carbonyl (C=O) groups excluding carboxylic acids is 2. The first-order valence-corrected chi connectivity index (χ1v) is 10.3. The van der Waals surface area contributed by atoms with Crippen LogP contribution in [-0.4, -0.2) is 28.1 Å². The van der Waals surface area contributed by atoms with Crippen LogP contribution in [0.3, 0.4) is 0 Å². The third-order valence-corrected chi connectivity index (χ3v) is 5.63. The molecule has 0 aliphatic carbocycles. The molecule has 29 heavy (non-hydrogen) atoms. The zero-order chi connectivity index (χ0) is 21.4. The van der Waals surface area contributed by atoms with E-state index in [1.165, 1.54) is 11.8 Å². The number of anilines is 2. The van der Waals surface area contributed by atoms with E-state index in [-0.39, 0.29) is 29.9 Å². The van der Waals surface area contributed by atoms with Crippen LogP contribution >= 0.6 is 11.8 Å². The number of rotatable bonds is 9. The summed E-state index contributed by atoms with van der Waals surface area (Å²) in [5.74, 6) is -1.43. The van der Waals surface area contributed by atoms with Crippen LogP contribution in [0.15, 0.2) is 47.4 Å². The van der Waals surface area contributed by atoms with Crippen molar-refractivity contribution in [2.24, 2.45) is 0 Å². The number of carbonyl (C=O) groups is 3. The van der Waals surface area contributed by atoms with Gasteiger partial charge in [0.05, 0.1) is 11.7 Å². The van der Waals surface area contributed by atoms with Gasteiger partial charge in [0.15, 0.2) is 0 Å². The van der Waals surface area contributed by atoms with Crippen molar-refractivity contribution in [1.29, 1.82) is 0 Å². The molecule has 0 saturated heterocycles. The van der Waals surface area contributed by atoms with Crippen molar-refractivity contribution in [2.45, 2.75) is 50.2 Å². The Morgan fingerprint density at radius 3 is 2.48 bits per heavy atom. The zero-order valence-corrected chi connectivity index (χ0v) is 17.6. The van der Waals surface area contributed by atoms with Crippen LogP contribution in [0.4, 0.5) is 11.4 Å². The highest BCUT2D eigenvalue weighted by molar-refractivity contribution is 8.00. The number of aryl methyl sites for hydroxylation is 2. The Bertz CT molecular complexity index is 898. The Balaban J connectivity index is 2.02. The summed E-state index contributed by atoms with van der Waals surface area (Å²) in [5.41, 5.74) is 3.48. The number of carboxylic acids is 1. The summed E-state index contributed by atoms with van der Waals surface area (Å²) in [4.78, 5) is 36.0. The fourth-order valence-electron chi connectivity index (χ4n) is 2.66. The summed E-state index contributed by atoms with van der Waals surface area (Å²) in [6.45, 7) is 5.90. The molecule has 1 unspecified atom stereocenters. The van der Waals surface area contributed by atoms with Gasteiger partial charge in [0.25, 0.3) is 0 Å². The molecule has 2 amide bonds. The minimum atomic E-state index is -1.01. The Morgan fingerprint density at radius 1 is 1.03 bits per heavy atom. The minimum Gasteiger partial charge on any atom is -0.481 e. The van der Waals surface area contributed by atoms with Gasteiger partial charge in [0.1, 0.15) is 0 Å². The third-order valence-electron chi connectivity index (χ3n) is 4.28. The SMILES string of the molecule is CCC(Sc1cccc(NC(=O)CCC(=O)O)c1)C(=O)Nc1cc(C)ccc1C. The molecule has 6 nitrogen and oxygen atoms in total. The van der Waals surface area contributed by atoms with Gasteiger partial charge in [0.2, 0.25) is 11.8 Å². The van der Waals surface area contributed by atoms with Crippen molar-refractivity contribution in [2.75, 3.05) is 10.6 Å². The van der Waals surface area contributed by atoms with Crippen molar-refractivity contribution >= 4 is 40.9 Å². The van der Waals surface area contributed by atoms with Crippen LogP contribution < -0.4 is 10.6 Å². The second-order valence-electron chi connectivity index (χ2n) is 6.79. The number of hydrogen-bond donors (Lipinski definition) is 3. The lowest BCUT2D eigenvalue weighted by molar-refractivity contribution is -0.138. The highest BCUT2D eigenvalue weighted by atomic mass is 32.2. The molecule has 0 radical (unpaired) electrons. The van der Waals surface area contributed by atoms with Crippen LogP contribution in [0.2, 0.25) is 0 Å². The molecule has 3 N–H and O–H groups in total. The molecule has 1 atom stereocenters. The molecule has 2 aromatic carbocycles. The molecular formula is C22H26N2O4S. The molecule has 0 bridgehead atoms. The van der Waals surface area contributed by atoms with Gasteiger partial charge in [-0.25, -0.2) is 0 Å². The summed E-state index contributed by atoms with van der Waals surface area (Å²) in [6, 6.07) is 13.1. The topological polar surface area (TPSA) is 95.5 Å². The Kier molecular flexibility index (Phi) is 8.27. The predicted octanol–water partition coefficient (Wildman–Crippen LogP) is 4.62. The summed E-state index contributed by atoms with van der Waals surface area (Å²) < 4.78 is 0. The minimum absolute atomic E-state index is 0.0675. The van der Waals surface area contributed by atoms with E-state index in [1.807, 2.05) is 45.0 Å². The molecule has 2 rings (SSSR count). The third kappa shape index (κ3) is 7.27. The molecule has 7 heteroatoms. The maximum Gasteiger partial charge on any atom is 0.303 e. The average molecular weight is 415 g/mol. The average Bonchev–Trinajstić information content (AvgIpc) is 2.67. The first kappa shape index (κ1) is 22.5. The van der Waals surface area contributed by atoms with Gasteiger partial charge in [-0.3, -0.25) is 14.4 Å². The lowest BCUT2D eigenvalue weighted by Crippen LogP contribution is -2.25. The zero-order valence-electron chi connectivity index (χ0n) is 16.8. The van der Waals surface area contributed by atoms with Crippen molar-refractivity contribution in [3.63, 3.8) is 0 Å². The van der Waals surface area contributed by atoms with E-state index in [4.69, 9.17) is 5.11 Å². The molecular weight excluding hydrogens is 388 g/mol. The highest BCUT2D eigenvalue weighted by Gasteiger charge is 2.19. The predicted molar refractivity (Wildman–Crippen MR) is 116 cm³/mol. The van der Waals surface area contributed by atoms with Crippen LogP contribution in [0.25, 0.3) is 0 Å². The number of thioether (sulfide) groups is 1. The summed E-state index contributed by atoms with van der Waals surface area (Å²) in [6.07, 6.45) is 0.357. The van der Waals surface area contributed by atoms with Gasteiger partial charge in [-0.05, 0) is 55.7 Å². The number of carboxylic acid groups (broad SMARTS) is 1. The monoisotopic (exact) mass is 414 g/mol. The first-order chi connectivity index (χ1) is 13.8.